The lowest BCUT2D eigenvalue weighted by molar-refractivity contribution is -0.139. The Kier molecular flexibility index (Phi) is 3.42. The summed E-state index contributed by atoms with van der Waals surface area (Å²) < 4.78 is 5.16. The van der Waals surface area contributed by atoms with Crippen molar-refractivity contribution in [2.75, 3.05) is 20.2 Å². The van der Waals surface area contributed by atoms with Gasteiger partial charge in [0, 0.05) is 6.54 Å². The number of ether oxygens (including phenoxy) is 1. The van der Waals surface area contributed by atoms with Crippen molar-refractivity contribution in [1.29, 1.82) is 0 Å². The Bertz CT molecular complexity index is 489. The average Bonchev–Trinajstić information content (AvgIpc) is 3.17. The topological polar surface area (TPSA) is 49.8 Å². The van der Waals surface area contributed by atoms with Crippen molar-refractivity contribution < 1.29 is 14.6 Å². The van der Waals surface area contributed by atoms with Gasteiger partial charge in [0.25, 0.3) is 0 Å². The first-order chi connectivity index (χ1) is 9.63. The molecule has 1 unspecified atom stereocenters. The fourth-order valence-corrected chi connectivity index (χ4v) is 3.40. The van der Waals surface area contributed by atoms with E-state index in [1.807, 2.05) is 12.1 Å². The van der Waals surface area contributed by atoms with Gasteiger partial charge < -0.3 is 9.84 Å². The molecule has 1 N–H and O–H groups in total. The summed E-state index contributed by atoms with van der Waals surface area (Å²) in [7, 11) is 1.67. The number of hydrogen-bond acceptors (Lipinski definition) is 3. The largest absolute Gasteiger partial charge is 0.497 e. The smallest absolute Gasteiger partial charge is 0.307 e. The minimum absolute atomic E-state index is 0.0781. The van der Waals surface area contributed by atoms with Gasteiger partial charge in [-0.25, -0.2) is 0 Å². The van der Waals surface area contributed by atoms with E-state index in [0.29, 0.717) is 0 Å². The summed E-state index contributed by atoms with van der Waals surface area (Å²) in [6.45, 7) is 2.96. The molecule has 1 aliphatic heterocycles. The first-order valence-electron chi connectivity index (χ1n) is 7.21. The first-order valence-corrected chi connectivity index (χ1v) is 7.21. The molecule has 4 nitrogen and oxygen atoms in total. The highest BCUT2D eigenvalue weighted by Gasteiger charge is 2.58. The van der Waals surface area contributed by atoms with E-state index in [9.17, 15) is 4.79 Å². The number of nitrogens with zero attached hydrogens (tertiary/aromatic N) is 1. The summed E-state index contributed by atoms with van der Waals surface area (Å²) in [5, 5.41) is 9.10. The number of rotatable bonds is 4. The second-order valence-corrected chi connectivity index (χ2v) is 6.08. The normalized spacial score (nSPS) is 24.6. The van der Waals surface area contributed by atoms with Crippen LogP contribution in [0.3, 0.4) is 0 Å². The predicted octanol–water partition coefficient (Wildman–Crippen LogP) is 2.38. The van der Waals surface area contributed by atoms with Crippen LogP contribution in [0.2, 0.25) is 0 Å². The Balaban J connectivity index is 1.52. The minimum Gasteiger partial charge on any atom is -0.497 e. The monoisotopic (exact) mass is 275 g/mol. The van der Waals surface area contributed by atoms with Crippen molar-refractivity contribution in [3.05, 3.63) is 29.8 Å². The maximum atomic E-state index is 11.0. The van der Waals surface area contributed by atoms with Crippen molar-refractivity contribution >= 4 is 5.97 Å². The SMILES string of the molecule is COc1ccc(CN2CCC3(CC2)CC3C(=O)O)cc1. The molecule has 4 heteroatoms. The third-order valence-electron chi connectivity index (χ3n) is 4.90. The molecule has 2 fully saturated rings. The highest BCUT2D eigenvalue weighted by Crippen LogP contribution is 2.59. The maximum Gasteiger partial charge on any atom is 0.307 e. The van der Waals surface area contributed by atoms with Crippen LogP contribution in [0, 0.1) is 11.3 Å². The van der Waals surface area contributed by atoms with E-state index in [1.54, 1.807) is 7.11 Å². The number of benzene rings is 1. The molecule has 1 aromatic carbocycles. The molecule has 1 aliphatic carbocycles. The predicted molar refractivity (Wildman–Crippen MR) is 75.7 cm³/mol. The Labute approximate surface area is 119 Å². The number of carboxylic acids is 1. The zero-order chi connectivity index (χ0) is 14.2. The van der Waals surface area contributed by atoms with Crippen LogP contribution in [0.5, 0.6) is 5.75 Å². The van der Waals surface area contributed by atoms with Crippen LogP contribution in [-0.4, -0.2) is 36.2 Å². The Morgan fingerprint density at radius 2 is 2.00 bits per heavy atom. The number of aliphatic carboxylic acids is 1. The zero-order valence-electron chi connectivity index (χ0n) is 11.8. The molecule has 0 amide bonds. The van der Waals surface area contributed by atoms with Crippen molar-refractivity contribution in [3.63, 3.8) is 0 Å². The number of hydrogen-bond donors (Lipinski definition) is 1. The van der Waals surface area contributed by atoms with E-state index in [1.165, 1.54) is 5.56 Å². The Morgan fingerprint density at radius 1 is 1.35 bits per heavy atom. The van der Waals surface area contributed by atoms with E-state index >= 15 is 0 Å². The first kappa shape index (κ1) is 13.4. The average molecular weight is 275 g/mol. The molecule has 0 radical (unpaired) electrons. The van der Waals surface area contributed by atoms with E-state index in [2.05, 4.69) is 17.0 Å². The fraction of sp³-hybridized carbons (Fsp3) is 0.562. The highest BCUT2D eigenvalue weighted by atomic mass is 16.5. The summed E-state index contributed by atoms with van der Waals surface area (Å²) in [6, 6.07) is 8.17. The molecular formula is C16H21NO3. The van der Waals surface area contributed by atoms with E-state index in [0.717, 1.165) is 44.6 Å². The highest BCUT2D eigenvalue weighted by molar-refractivity contribution is 5.74. The van der Waals surface area contributed by atoms with Gasteiger partial charge in [0.05, 0.1) is 13.0 Å². The van der Waals surface area contributed by atoms with Gasteiger partial charge in [-0.3, -0.25) is 9.69 Å². The molecule has 0 bridgehead atoms. The molecular weight excluding hydrogens is 254 g/mol. The van der Waals surface area contributed by atoms with Crippen LogP contribution in [0.4, 0.5) is 0 Å². The molecule has 1 heterocycles. The summed E-state index contributed by atoms with van der Waals surface area (Å²) in [6.07, 6.45) is 2.94. The van der Waals surface area contributed by atoms with Crippen molar-refractivity contribution in [1.82, 2.24) is 4.90 Å². The minimum atomic E-state index is -0.603. The lowest BCUT2D eigenvalue weighted by Crippen LogP contribution is -2.35. The molecule has 108 valence electrons. The van der Waals surface area contributed by atoms with Crippen LogP contribution < -0.4 is 4.74 Å². The van der Waals surface area contributed by atoms with Crippen molar-refractivity contribution in [2.24, 2.45) is 11.3 Å². The second kappa shape index (κ2) is 5.09. The zero-order valence-corrected chi connectivity index (χ0v) is 11.8. The quantitative estimate of drug-likeness (QED) is 0.916. The van der Waals surface area contributed by atoms with Gasteiger partial charge in [0.2, 0.25) is 0 Å². The summed E-state index contributed by atoms with van der Waals surface area (Å²) >= 11 is 0. The van der Waals surface area contributed by atoms with Crippen LogP contribution >= 0.6 is 0 Å². The standard InChI is InChI=1S/C16H21NO3/c1-20-13-4-2-12(3-5-13)11-17-8-6-16(7-9-17)10-14(16)15(18)19/h2-5,14H,6-11H2,1H3,(H,18,19). The lowest BCUT2D eigenvalue weighted by Gasteiger charge is -2.32. The van der Waals surface area contributed by atoms with E-state index in [-0.39, 0.29) is 11.3 Å². The van der Waals surface area contributed by atoms with Crippen molar-refractivity contribution in [2.45, 2.75) is 25.8 Å². The Morgan fingerprint density at radius 3 is 2.50 bits per heavy atom. The van der Waals surface area contributed by atoms with Crippen molar-refractivity contribution in [3.8, 4) is 5.75 Å². The molecule has 1 aromatic rings. The molecule has 20 heavy (non-hydrogen) atoms. The van der Waals surface area contributed by atoms with Crippen LogP contribution in [0.1, 0.15) is 24.8 Å². The number of carbonyl (C=O) groups is 1. The molecule has 1 atom stereocenters. The van der Waals surface area contributed by atoms with Crippen LogP contribution in [0.15, 0.2) is 24.3 Å². The Hall–Kier alpha value is -1.55. The van der Waals surface area contributed by atoms with Gasteiger partial charge >= 0.3 is 5.97 Å². The number of methoxy groups -OCH3 is 1. The molecule has 1 saturated carbocycles. The van der Waals surface area contributed by atoms with Gasteiger partial charge in [-0.2, -0.15) is 0 Å². The maximum absolute atomic E-state index is 11.0. The summed E-state index contributed by atoms with van der Waals surface area (Å²) in [4.78, 5) is 13.5. The fourth-order valence-electron chi connectivity index (χ4n) is 3.40. The third-order valence-corrected chi connectivity index (χ3v) is 4.90. The van der Waals surface area contributed by atoms with Gasteiger partial charge in [-0.05, 0) is 55.5 Å². The number of carboxylic acid groups (broad SMARTS) is 1. The third kappa shape index (κ3) is 2.52. The summed E-state index contributed by atoms with van der Waals surface area (Å²) in [5.74, 6) is 0.202. The van der Waals surface area contributed by atoms with Gasteiger partial charge in [0.1, 0.15) is 5.75 Å². The van der Waals surface area contributed by atoms with Gasteiger partial charge in [-0.1, -0.05) is 12.1 Å². The van der Waals surface area contributed by atoms with E-state index in [4.69, 9.17) is 9.84 Å². The van der Waals surface area contributed by atoms with E-state index < -0.39 is 5.97 Å². The number of likely N-dealkylation sites (tertiary alicyclic amines) is 1. The lowest BCUT2D eigenvalue weighted by atomic mass is 9.90. The second-order valence-electron chi connectivity index (χ2n) is 6.08. The molecule has 3 rings (SSSR count). The van der Waals surface area contributed by atoms with Gasteiger partial charge in [0.15, 0.2) is 0 Å². The number of piperidine rings is 1. The molecule has 2 aliphatic rings. The van der Waals surface area contributed by atoms with Crippen LogP contribution in [-0.2, 0) is 11.3 Å². The molecule has 1 saturated heterocycles. The molecule has 0 aromatic heterocycles. The summed E-state index contributed by atoms with van der Waals surface area (Å²) in [5.41, 5.74) is 1.41. The van der Waals surface area contributed by atoms with Gasteiger partial charge in [-0.15, -0.1) is 0 Å². The molecule has 1 spiro atoms. The van der Waals surface area contributed by atoms with Crippen LogP contribution in [0.25, 0.3) is 0 Å².